The molecule has 4 heteroatoms. The lowest BCUT2D eigenvalue weighted by atomic mass is 10.1. The maximum absolute atomic E-state index is 13.1. The van der Waals surface area contributed by atoms with Crippen molar-refractivity contribution in [2.45, 2.75) is 13.8 Å². The summed E-state index contributed by atoms with van der Waals surface area (Å²) in [6, 6.07) is 6.52. The monoisotopic (exact) mass is 236 g/mol. The fourth-order valence-corrected chi connectivity index (χ4v) is 1.71. The van der Waals surface area contributed by atoms with Crippen LogP contribution in [-0.2, 0) is 0 Å². The van der Waals surface area contributed by atoms with Gasteiger partial charge in [0.1, 0.15) is 16.8 Å². The van der Waals surface area contributed by atoms with E-state index in [9.17, 15) is 4.39 Å². The van der Waals surface area contributed by atoms with Crippen LogP contribution >= 0.6 is 11.6 Å². The van der Waals surface area contributed by atoms with E-state index < -0.39 is 0 Å². The number of aryl methyl sites for hydroxylation is 2. The normalized spacial score (nSPS) is 10.5. The summed E-state index contributed by atoms with van der Waals surface area (Å²) in [5, 5.41) is 0.393. The third-order valence-corrected chi connectivity index (χ3v) is 2.45. The molecule has 1 aromatic heterocycles. The lowest BCUT2D eigenvalue weighted by Gasteiger charge is -2.04. The minimum atomic E-state index is -0.222. The van der Waals surface area contributed by atoms with E-state index in [0.717, 1.165) is 5.56 Å². The van der Waals surface area contributed by atoms with Crippen LogP contribution in [-0.4, -0.2) is 9.97 Å². The van der Waals surface area contributed by atoms with E-state index in [4.69, 9.17) is 11.6 Å². The SMILES string of the molecule is Cc1nc(Cl)cc(-c2ccc(F)c(C)c2)n1. The summed E-state index contributed by atoms with van der Waals surface area (Å²) in [5.41, 5.74) is 2.14. The third-order valence-electron chi connectivity index (χ3n) is 2.26. The topological polar surface area (TPSA) is 25.8 Å². The van der Waals surface area contributed by atoms with Crippen LogP contribution in [0, 0.1) is 19.7 Å². The highest BCUT2D eigenvalue weighted by atomic mass is 35.5. The van der Waals surface area contributed by atoms with Crippen molar-refractivity contribution >= 4 is 11.6 Å². The van der Waals surface area contributed by atoms with E-state index in [0.29, 0.717) is 22.2 Å². The first kappa shape index (κ1) is 11.0. The first-order valence-electron chi connectivity index (χ1n) is 4.84. The molecule has 0 aliphatic heterocycles. The van der Waals surface area contributed by atoms with E-state index in [2.05, 4.69) is 9.97 Å². The van der Waals surface area contributed by atoms with Crippen molar-refractivity contribution in [3.8, 4) is 11.3 Å². The number of rotatable bonds is 1. The lowest BCUT2D eigenvalue weighted by Crippen LogP contribution is -1.92. The van der Waals surface area contributed by atoms with Gasteiger partial charge in [-0.05, 0) is 37.6 Å². The van der Waals surface area contributed by atoms with Gasteiger partial charge >= 0.3 is 0 Å². The minimum absolute atomic E-state index is 0.222. The molecule has 2 nitrogen and oxygen atoms in total. The van der Waals surface area contributed by atoms with Gasteiger partial charge in [0.25, 0.3) is 0 Å². The average molecular weight is 237 g/mol. The first-order valence-corrected chi connectivity index (χ1v) is 5.22. The van der Waals surface area contributed by atoms with Gasteiger partial charge in [-0.25, -0.2) is 14.4 Å². The quantitative estimate of drug-likeness (QED) is 0.708. The molecule has 0 unspecified atom stereocenters. The van der Waals surface area contributed by atoms with Gasteiger partial charge in [-0.1, -0.05) is 11.6 Å². The maximum atomic E-state index is 13.1. The van der Waals surface area contributed by atoms with Gasteiger partial charge in [-0.3, -0.25) is 0 Å². The summed E-state index contributed by atoms with van der Waals surface area (Å²) >= 11 is 5.85. The second kappa shape index (κ2) is 4.18. The molecule has 0 amide bonds. The predicted molar refractivity (Wildman–Crippen MR) is 61.9 cm³/mol. The second-order valence-corrected chi connectivity index (χ2v) is 3.97. The molecule has 0 saturated heterocycles. The number of hydrogen-bond acceptors (Lipinski definition) is 2. The predicted octanol–water partition coefficient (Wildman–Crippen LogP) is 3.55. The van der Waals surface area contributed by atoms with Crippen molar-refractivity contribution in [1.29, 1.82) is 0 Å². The van der Waals surface area contributed by atoms with Crippen LogP contribution in [0.25, 0.3) is 11.3 Å². The smallest absolute Gasteiger partial charge is 0.133 e. The fraction of sp³-hybridized carbons (Fsp3) is 0.167. The molecule has 2 aromatic rings. The van der Waals surface area contributed by atoms with Crippen LogP contribution in [0.4, 0.5) is 4.39 Å². The Morgan fingerprint density at radius 2 is 1.88 bits per heavy atom. The zero-order chi connectivity index (χ0) is 11.7. The van der Waals surface area contributed by atoms with E-state index in [-0.39, 0.29) is 5.82 Å². The fourth-order valence-electron chi connectivity index (χ4n) is 1.48. The van der Waals surface area contributed by atoms with Gasteiger partial charge in [0, 0.05) is 11.6 Å². The van der Waals surface area contributed by atoms with Crippen molar-refractivity contribution < 1.29 is 4.39 Å². The number of aromatic nitrogens is 2. The van der Waals surface area contributed by atoms with E-state index >= 15 is 0 Å². The zero-order valence-electron chi connectivity index (χ0n) is 8.96. The van der Waals surface area contributed by atoms with Crippen LogP contribution in [0.1, 0.15) is 11.4 Å². The Bertz CT molecular complexity index is 520. The van der Waals surface area contributed by atoms with Crippen LogP contribution in [0.2, 0.25) is 5.15 Å². The van der Waals surface area contributed by atoms with Gasteiger partial charge in [-0.15, -0.1) is 0 Å². The summed E-state index contributed by atoms with van der Waals surface area (Å²) in [7, 11) is 0. The molecule has 16 heavy (non-hydrogen) atoms. The van der Waals surface area contributed by atoms with Crippen molar-refractivity contribution in [2.24, 2.45) is 0 Å². The molecular formula is C12H10ClFN2. The van der Waals surface area contributed by atoms with Crippen molar-refractivity contribution in [3.63, 3.8) is 0 Å². The van der Waals surface area contributed by atoms with Crippen molar-refractivity contribution in [3.05, 3.63) is 46.6 Å². The van der Waals surface area contributed by atoms with E-state index in [1.807, 2.05) is 0 Å². The highest BCUT2D eigenvalue weighted by Crippen LogP contribution is 2.22. The standard InChI is InChI=1S/C12H10ClFN2/c1-7-5-9(3-4-10(7)14)11-6-12(13)16-8(2)15-11/h3-6H,1-2H3. The third kappa shape index (κ3) is 2.19. The number of benzene rings is 1. The molecule has 1 heterocycles. The molecular weight excluding hydrogens is 227 g/mol. The van der Waals surface area contributed by atoms with Gasteiger partial charge < -0.3 is 0 Å². The van der Waals surface area contributed by atoms with E-state index in [1.165, 1.54) is 6.07 Å². The van der Waals surface area contributed by atoms with Gasteiger partial charge in [0.2, 0.25) is 0 Å². The van der Waals surface area contributed by atoms with Gasteiger partial charge in [-0.2, -0.15) is 0 Å². The molecule has 82 valence electrons. The molecule has 0 aliphatic carbocycles. The summed E-state index contributed by atoms with van der Waals surface area (Å²) in [4.78, 5) is 8.24. The Labute approximate surface area is 98.1 Å². The van der Waals surface area contributed by atoms with Gasteiger partial charge in [0.05, 0.1) is 5.69 Å². The van der Waals surface area contributed by atoms with Crippen LogP contribution < -0.4 is 0 Å². The molecule has 0 fully saturated rings. The Hall–Kier alpha value is -1.48. The zero-order valence-corrected chi connectivity index (χ0v) is 9.72. The van der Waals surface area contributed by atoms with Crippen LogP contribution in [0.3, 0.4) is 0 Å². The summed E-state index contributed by atoms with van der Waals surface area (Å²) in [6.07, 6.45) is 0. The Balaban J connectivity index is 2.54. The first-order chi connectivity index (χ1) is 7.56. The summed E-state index contributed by atoms with van der Waals surface area (Å²) < 4.78 is 13.1. The molecule has 1 aromatic carbocycles. The Kier molecular flexibility index (Phi) is 2.88. The lowest BCUT2D eigenvalue weighted by molar-refractivity contribution is 0.619. The minimum Gasteiger partial charge on any atom is -0.233 e. The summed E-state index contributed by atoms with van der Waals surface area (Å²) in [5.74, 6) is 0.380. The molecule has 0 radical (unpaired) electrons. The number of nitrogens with zero attached hydrogens (tertiary/aromatic N) is 2. The number of hydrogen-bond donors (Lipinski definition) is 0. The van der Waals surface area contributed by atoms with Crippen LogP contribution in [0.5, 0.6) is 0 Å². The van der Waals surface area contributed by atoms with Crippen molar-refractivity contribution in [2.75, 3.05) is 0 Å². The highest BCUT2D eigenvalue weighted by molar-refractivity contribution is 6.29. The molecule has 0 N–H and O–H groups in total. The Morgan fingerprint density at radius 3 is 2.50 bits per heavy atom. The average Bonchev–Trinajstić information content (AvgIpc) is 2.20. The summed E-state index contributed by atoms with van der Waals surface area (Å²) in [6.45, 7) is 3.49. The molecule has 0 aliphatic rings. The number of halogens is 2. The van der Waals surface area contributed by atoms with Crippen LogP contribution in [0.15, 0.2) is 24.3 Å². The largest absolute Gasteiger partial charge is 0.233 e. The van der Waals surface area contributed by atoms with Crippen molar-refractivity contribution in [1.82, 2.24) is 9.97 Å². The molecule has 0 atom stereocenters. The maximum Gasteiger partial charge on any atom is 0.133 e. The second-order valence-electron chi connectivity index (χ2n) is 3.59. The molecule has 0 spiro atoms. The highest BCUT2D eigenvalue weighted by Gasteiger charge is 2.05. The molecule has 0 saturated carbocycles. The Morgan fingerprint density at radius 1 is 1.12 bits per heavy atom. The molecule has 0 bridgehead atoms. The van der Waals surface area contributed by atoms with E-state index in [1.54, 1.807) is 32.0 Å². The molecule has 2 rings (SSSR count). The van der Waals surface area contributed by atoms with Gasteiger partial charge in [0.15, 0.2) is 0 Å².